The Labute approximate surface area is 248 Å². The van der Waals surface area contributed by atoms with Crippen molar-refractivity contribution in [2.24, 2.45) is 0 Å². The maximum Gasteiger partial charge on any atom is 0.460 e. The predicted octanol–water partition coefficient (Wildman–Crippen LogP) is 4.82. The number of alkyl halides is 7. The van der Waals surface area contributed by atoms with Crippen LogP contribution in [0.3, 0.4) is 0 Å². The first kappa shape index (κ1) is 32.1. The zero-order valence-electron chi connectivity index (χ0n) is 22.4. The second-order valence-corrected chi connectivity index (χ2v) is 9.67. The topological polar surface area (TPSA) is 131 Å². The largest absolute Gasteiger partial charge is 0.460 e. The number of nitrogens with zero attached hydrogens (tertiary/aromatic N) is 7. The van der Waals surface area contributed by atoms with Crippen molar-refractivity contribution in [3.8, 4) is 11.9 Å². The third kappa shape index (κ3) is 5.84. The monoisotopic (exact) mass is 642 g/mol. The molecule has 4 aromatic rings. The van der Waals surface area contributed by atoms with Crippen molar-refractivity contribution >= 4 is 23.3 Å². The molecule has 0 atom stereocenters. The van der Waals surface area contributed by atoms with Gasteiger partial charge in [0, 0.05) is 25.2 Å². The van der Waals surface area contributed by atoms with Crippen molar-refractivity contribution in [2.45, 2.75) is 37.9 Å². The number of carbonyl (C=O) groups is 2. The molecule has 0 spiro atoms. The van der Waals surface area contributed by atoms with E-state index in [1.807, 2.05) is 6.07 Å². The van der Waals surface area contributed by atoms with Crippen molar-refractivity contribution in [1.29, 1.82) is 5.26 Å². The van der Waals surface area contributed by atoms with Gasteiger partial charge in [0.1, 0.15) is 12.2 Å². The highest BCUT2D eigenvalue weighted by Gasteiger charge is 2.74. The highest BCUT2D eigenvalue weighted by molar-refractivity contribution is 6.32. The van der Waals surface area contributed by atoms with E-state index in [0.29, 0.717) is 10.4 Å². The number of Topliss-reactive ketones (excluding diaryl/α,β-unsaturated/α-hetero) is 1. The molecular weight excluding hydrogens is 625 g/mol. The van der Waals surface area contributed by atoms with Gasteiger partial charge in [-0.2, -0.15) is 56.1 Å². The summed E-state index contributed by atoms with van der Waals surface area (Å²) in [5.41, 5.74) is -1.27. The fourth-order valence-electron chi connectivity index (χ4n) is 4.11. The average molecular weight is 643 g/mol. The fraction of sp³-hybridized carbons (Fsp3) is 0.269. The molecule has 1 aromatic carbocycles. The van der Waals surface area contributed by atoms with Gasteiger partial charge in [0.05, 0.1) is 28.5 Å². The van der Waals surface area contributed by atoms with Crippen molar-refractivity contribution < 1.29 is 40.3 Å². The number of rotatable bonds is 9. The van der Waals surface area contributed by atoms with Gasteiger partial charge in [-0.15, -0.1) is 0 Å². The van der Waals surface area contributed by atoms with E-state index in [4.69, 9.17) is 11.6 Å². The number of carbonyl (C=O) groups excluding carboxylic acids is 2. The van der Waals surface area contributed by atoms with Gasteiger partial charge >= 0.3 is 18.0 Å². The summed E-state index contributed by atoms with van der Waals surface area (Å²) in [4.78, 5) is 30.7. The van der Waals surface area contributed by atoms with E-state index in [1.165, 1.54) is 37.5 Å². The molecule has 0 aliphatic rings. The van der Waals surface area contributed by atoms with Gasteiger partial charge in [-0.1, -0.05) is 11.6 Å². The summed E-state index contributed by atoms with van der Waals surface area (Å²) in [5, 5.41) is 22.4. The van der Waals surface area contributed by atoms with E-state index in [1.54, 1.807) is 6.92 Å². The first-order valence-corrected chi connectivity index (χ1v) is 12.6. The molecule has 230 valence electrons. The number of nitriles is 1. The molecule has 0 aliphatic carbocycles. The van der Waals surface area contributed by atoms with Gasteiger partial charge in [0.25, 0.3) is 5.91 Å². The van der Waals surface area contributed by atoms with Crippen LogP contribution in [0.1, 0.15) is 48.9 Å². The number of amides is 1. The SMILES string of the molecule is CNC(=O)c1cc(C#N)cc(C)c1CC(=O)c1cc(Cn2ncc(C(F)(F)C(F)(F)C(F)(F)F)n2)nn1-c1ncccc1Cl. The molecule has 1 amide bonds. The van der Waals surface area contributed by atoms with Crippen LogP contribution >= 0.6 is 11.6 Å². The second-order valence-electron chi connectivity index (χ2n) is 9.26. The van der Waals surface area contributed by atoms with Gasteiger partial charge < -0.3 is 5.32 Å². The fourth-order valence-corrected chi connectivity index (χ4v) is 4.31. The molecule has 0 unspecified atom stereocenters. The maximum atomic E-state index is 14.1. The summed E-state index contributed by atoms with van der Waals surface area (Å²) in [7, 11) is 1.36. The van der Waals surface area contributed by atoms with E-state index in [9.17, 15) is 45.6 Å². The van der Waals surface area contributed by atoms with Crippen LogP contribution in [0, 0.1) is 18.3 Å². The lowest BCUT2D eigenvalue weighted by Crippen LogP contribution is -2.50. The molecule has 3 aromatic heterocycles. The number of hydrogen-bond acceptors (Lipinski definition) is 7. The first-order valence-electron chi connectivity index (χ1n) is 12.2. The Hall–Kier alpha value is -4.85. The van der Waals surface area contributed by atoms with Crippen LogP contribution in [-0.2, 0) is 18.9 Å². The molecule has 0 bridgehead atoms. The number of benzene rings is 1. The van der Waals surface area contributed by atoms with Crippen LogP contribution in [-0.4, -0.2) is 60.6 Å². The van der Waals surface area contributed by atoms with E-state index in [0.717, 1.165) is 10.7 Å². The Morgan fingerprint density at radius 1 is 1.09 bits per heavy atom. The zero-order valence-corrected chi connectivity index (χ0v) is 23.2. The Morgan fingerprint density at radius 2 is 1.80 bits per heavy atom. The van der Waals surface area contributed by atoms with Crippen molar-refractivity contribution in [3.63, 3.8) is 0 Å². The number of pyridine rings is 1. The standard InChI is InChI=1S/C26H18ClF7N8O2/c1-13-6-14(10-35)7-17(23(44)36-2)16(13)9-20(43)19-8-15(39-42(19)22-18(27)4-3-5-37-22)12-41-38-11-21(40-41)24(28,29)25(30,31)26(32,33)34/h3-8,11H,9,12H2,1-2H3,(H,36,44). The molecule has 1 N–H and O–H groups in total. The molecule has 0 saturated heterocycles. The van der Waals surface area contributed by atoms with Crippen molar-refractivity contribution in [2.75, 3.05) is 7.05 Å². The maximum absolute atomic E-state index is 14.1. The minimum Gasteiger partial charge on any atom is -0.355 e. The predicted molar refractivity (Wildman–Crippen MR) is 138 cm³/mol. The third-order valence-corrected chi connectivity index (χ3v) is 6.60. The first-order chi connectivity index (χ1) is 20.5. The summed E-state index contributed by atoms with van der Waals surface area (Å²) in [6.45, 7) is 0.943. The van der Waals surface area contributed by atoms with Crippen LogP contribution < -0.4 is 5.32 Å². The van der Waals surface area contributed by atoms with Gasteiger partial charge in [-0.25, -0.2) is 9.67 Å². The minimum atomic E-state index is -6.57. The van der Waals surface area contributed by atoms with Crippen LogP contribution in [0.2, 0.25) is 5.02 Å². The highest BCUT2D eigenvalue weighted by atomic mass is 35.5. The summed E-state index contributed by atoms with van der Waals surface area (Å²) in [5.74, 6) is -13.4. The molecule has 10 nitrogen and oxygen atoms in total. The molecule has 44 heavy (non-hydrogen) atoms. The van der Waals surface area contributed by atoms with Gasteiger partial charge in [0.2, 0.25) is 0 Å². The number of halogens is 8. The highest BCUT2D eigenvalue weighted by Crippen LogP contribution is 2.51. The smallest absolute Gasteiger partial charge is 0.355 e. The lowest BCUT2D eigenvalue weighted by molar-refractivity contribution is -0.360. The number of nitrogens with one attached hydrogen (secondary N) is 1. The Morgan fingerprint density at radius 3 is 2.41 bits per heavy atom. The van der Waals surface area contributed by atoms with Crippen molar-refractivity contribution in [1.82, 2.24) is 35.1 Å². The van der Waals surface area contributed by atoms with E-state index in [2.05, 4.69) is 25.6 Å². The molecular formula is C26H18ClF7N8O2. The number of ketones is 1. The van der Waals surface area contributed by atoms with E-state index < -0.39 is 48.4 Å². The molecule has 3 heterocycles. The summed E-state index contributed by atoms with van der Waals surface area (Å²) in [6.07, 6.45) is -5.57. The average Bonchev–Trinajstić information content (AvgIpc) is 3.61. The summed E-state index contributed by atoms with van der Waals surface area (Å²) >= 11 is 6.25. The third-order valence-electron chi connectivity index (χ3n) is 6.31. The number of aromatic nitrogens is 6. The number of aryl methyl sites for hydroxylation is 1. The van der Waals surface area contributed by atoms with Gasteiger partial charge in [-0.3, -0.25) is 9.59 Å². The molecule has 0 saturated carbocycles. The normalized spacial score (nSPS) is 12.2. The van der Waals surface area contributed by atoms with Crippen LogP contribution in [0.5, 0.6) is 0 Å². The zero-order chi connectivity index (χ0) is 32.6. The molecule has 4 rings (SSSR count). The van der Waals surface area contributed by atoms with Crippen LogP contribution in [0.4, 0.5) is 30.7 Å². The van der Waals surface area contributed by atoms with Gasteiger partial charge in [0.15, 0.2) is 17.3 Å². The second kappa shape index (κ2) is 11.7. The van der Waals surface area contributed by atoms with E-state index in [-0.39, 0.29) is 45.1 Å². The quantitative estimate of drug-likeness (QED) is 0.205. The molecule has 0 fully saturated rings. The van der Waals surface area contributed by atoms with Crippen LogP contribution in [0.15, 0.2) is 42.7 Å². The lowest BCUT2D eigenvalue weighted by Gasteiger charge is -2.26. The molecule has 18 heteroatoms. The van der Waals surface area contributed by atoms with Crippen molar-refractivity contribution in [3.05, 3.63) is 87.1 Å². The Bertz CT molecular complexity index is 1790. The minimum absolute atomic E-state index is 0.0327. The summed E-state index contributed by atoms with van der Waals surface area (Å²) < 4.78 is 94.0. The van der Waals surface area contributed by atoms with Gasteiger partial charge in [-0.05, 0) is 48.4 Å². The molecule has 0 radical (unpaired) electrons. The van der Waals surface area contributed by atoms with Crippen LogP contribution in [0.25, 0.3) is 5.82 Å². The summed E-state index contributed by atoms with van der Waals surface area (Å²) in [6, 6.07) is 8.80. The van der Waals surface area contributed by atoms with E-state index >= 15 is 0 Å². The Balaban J connectivity index is 1.74. The molecule has 0 aliphatic heterocycles. The Kier molecular flexibility index (Phi) is 8.51. The number of hydrogen-bond donors (Lipinski definition) is 1. The lowest BCUT2D eigenvalue weighted by atomic mass is 9.93.